The third kappa shape index (κ3) is 6.71. The van der Waals surface area contributed by atoms with Crippen molar-refractivity contribution in [3.05, 3.63) is 47.2 Å². The van der Waals surface area contributed by atoms with Gasteiger partial charge in [-0.3, -0.25) is 0 Å². The standard InChI is InChI=1S/C17H22F2N2OS/c18-15-7-6-14(16(19)10-15)5-3-9-22-8-2-1-4-13-11-21-17(20)23-12-13/h6-7,10-11H,1-5,8-9,12H2,(H2,20,21). The molecule has 0 radical (unpaired) electrons. The van der Waals surface area contributed by atoms with Crippen molar-refractivity contribution in [3.63, 3.8) is 0 Å². The number of rotatable bonds is 9. The molecule has 0 saturated heterocycles. The van der Waals surface area contributed by atoms with Crippen LogP contribution in [-0.4, -0.2) is 24.1 Å². The van der Waals surface area contributed by atoms with Gasteiger partial charge in [0, 0.05) is 31.2 Å². The molecule has 0 aromatic heterocycles. The second kappa shape index (κ2) is 9.67. The molecule has 2 rings (SSSR count). The van der Waals surface area contributed by atoms with Crippen LogP contribution in [0.2, 0.25) is 0 Å². The Morgan fingerprint density at radius 2 is 1.96 bits per heavy atom. The number of hydrogen-bond donors (Lipinski definition) is 1. The summed E-state index contributed by atoms with van der Waals surface area (Å²) >= 11 is 1.58. The lowest BCUT2D eigenvalue weighted by Gasteiger charge is -2.10. The van der Waals surface area contributed by atoms with Gasteiger partial charge in [-0.15, -0.1) is 0 Å². The van der Waals surface area contributed by atoms with Gasteiger partial charge in [0.25, 0.3) is 0 Å². The van der Waals surface area contributed by atoms with E-state index in [9.17, 15) is 8.78 Å². The van der Waals surface area contributed by atoms with Gasteiger partial charge in [-0.05, 0) is 49.3 Å². The number of amidine groups is 1. The lowest BCUT2D eigenvalue weighted by atomic mass is 10.1. The molecule has 0 amide bonds. The lowest BCUT2D eigenvalue weighted by molar-refractivity contribution is 0.128. The number of nitrogens with two attached hydrogens (primary N) is 1. The summed E-state index contributed by atoms with van der Waals surface area (Å²) in [5.74, 6) is -0.0892. The summed E-state index contributed by atoms with van der Waals surface area (Å²) in [5, 5.41) is 0.634. The predicted molar refractivity (Wildman–Crippen MR) is 91.5 cm³/mol. The van der Waals surface area contributed by atoms with E-state index in [4.69, 9.17) is 10.5 Å². The zero-order valence-electron chi connectivity index (χ0n) is 13.1. The summed E-state index contributed by atoms with van der Waals surface area (Å²) in [6.07, 6.45) is 6.24. The molecule has 126 valence electrons. The van der Waals surface area contributed by atoms with E-state index in [0.717, 1.165) is 37.5 Å². The summed E-state index contributed by atoms with van der Waals surface area (Å²) in [6.45, 7) is 1.30. The van der Waals surface area contributed by atoms with Gasteiger partial charge in [0.05, 0.1) is 0 Å². The predicted octanol–water partition coefficient (Wildman–Crippen LogP) is 4.03. The molecule has 23 heavy (non-hydrogen) atoms. The minimum Gasteiger partial charge on any atom is -0.381 e. The number of ether oxygens (including phenoxy) is 1. The van der Waals surface area contributed by atoms with Crippen LogP contribution in [0.15, 0.2) is 35.0 Å². The van der Waals surface area contributed by atoms with Crippen molar-refractivity contribution in [2.24, 2.45) is 10.7 Å². The van der Waals surface area contributed by atoms with Crippen LogP contribution >= 0.6 is 11.8 Å². The molecule has 0 unspecified atom stereocenters. The Hall–Kier alpha value is -1.40. The molecule has 1 heterocycles. The van der Waals surface area contributed by atoms with E-state index < -0.39 is 11.6 Å². The third-order valence-electron chi connectivity index (χ3n) is 3.57. The fourth-order valence-corrected chi connectivity index (χ4v) is 2.96. The molecule has 2 N–H and O–H groups in total. The molecule has 0 aliphatic carbocycles. The van der Waals surface area contributed by atoms with Gasteiger partial charge >= 0.3 is 0 Å². The largest absolute Gasteiger partial charge is 0.381 e. The van der Waals surface area contributed by atoms with Crippen LogP contribution in [0.3, 0.4) is 0 Å². The molecule has 0 atom stereocenters. The third-order valence-corrected chi connectivity index (χ3v) is 4.48. The van der Waals surface area contributed by atoms with Gasteiger partial charge in [-0.1, -0.05) is 17.8 Å². The molecule has 1 aromatic rings. The van der Waals surface area contributed by atoms with Crippen LogP contribution in [0.1, 0.15) is 31.2 Å². The highest BCUT2D eigenvalue weighted by atomic mass is 32.2. The number of nitrogens with zero attached hydrogens (tertiary/aromatic N) is 1. The van der Waals surface area contributed by atoms with E-state index in [1.807, 2.05) is 6.20 Å². The van der Waals surface area contributed by atoms with Gasteiger partial charge < -0.3 is 10.5 Å². The smallest absolute Gasteiger partial charge is 0.158 e. The minimum atomic E-state index is -0.539. The first kappa shape index (κ1) is 17.9. The molecular weight excluding hydrogens is 318 g/mol. The highest BCUT2D eigenvalue weighted by molar-refractivity contribution is 8.14. The molecule has 0 bridgehead atoms. The molecule has 1 aliphatic heterocycles. The lowest BCUT2D eigenvalue weighted by Crippen LogP contribution is -2.10. The fraction of sp³-hybridized carbons (Fsp3) is 0.471. The molecule has 1 aliphatic rings. The van der Waals surface area contributed by atoms with Crippen LogP contribution < -0.4 is 5.73 Å². The van der Waals surface area contributed by atoms with Crippen molar-refractivity contribution in [2.45, 2.75) is 32.1 Å². The van der Waals surface area contributed by atoms with E-state index >= 15 is 0 Å². The molecule has 6 heteroatoms. The number of halogens is 2. The molecule has 0 fully saturated rings. The number of aliphatic imine (C=N–C) groups is 1. The number of hydrogen-bond acceptors (Lipinski definition) is 4. The molecule has 0 saturated carbocycles. The summed E-state index contributed by atoms with van der Waals surface area (Å²) in [7, 11) is 0. The van der Waals surface area contributed by atoms with Crippen molar-refractivity contribution in [1.29, 1.82) is 0 Å². The second-order valence-corrected chi connectivity index (χ2v) is 6.45. The second-order valence-electron chi connectivity index (χ2n) is 5.45. The molecular formula is C17H22F2N2OS. The van der Waals surface area contributed by atoms with E-state index in [1.54, 1.807) is 11.8 Å². The average molecular weight is 340 g/mol. The van der Waals surface area contributed by atoms with Crippen LogP contribution in [0.5, 0.6) is 0 Å². The Labute approximate surface area is 140 Å². The van der Waals surface area contributed by atoms with E-state index in [0.29, 0.717) is 30.4 Å². The van der Waals surface area contributed by atoms with Crippen molar-refractivity contribution in [2.75, 3.05) is 19.0 Å². The van der Waals surface area contributed by atoms with E-state index in [1.165, 1.54) is 17.7 Å². The van der Waals surface area contributed by atoms with Gasteiger partial charge in [0.1, 0.15) is 11.6 Å². The summed E-state index contributed by atoms with van der Waals surface area (Å²) < 4.78 is 31.8. The number of thioether (sulfide) groups is 1. The monoisotopic (exact) mass is 340 g/mol. The van der Waals surface area contributed by atoms with Crippen molar-refractivity contribution < 1.29 is 13.5 Å². The minimum absolute atomic E-state index is 0.480. The number of benzene rings is 1. The maximum Gasteiger partial charge on any atom is 0.158 e. The normalized spacial score (nSPS) is 14.5. The van der Waals surface area contributed by atoms with Crippen molar-refractivity contribution in [3.8, 4) is 0 Å². The first-order valence-corrected chi connectivity index (χ1v) is 8.79. The number of unbranched alkanes of at least 4 members (excludes halogenated alkanes) is 1. The Morgan fingerprint density at radius 3 is 2.70 bits per heavy atom. The van der Waals surface area contributed by atoms with Crippen LogP contribution in [0, 0.1) is 11.6 Å². The quantitative estimate of drug-likeness (QED) is 0.691. The Morgan fingerprint density at radius 1 is 1.13 bits per heavy atom. The first-order valence-electron chi connectivity index (χ1n) is 7.81. The van der Waals surface area contributed by atoms with Crippen molar-refractivity contribution in [1.82, 2.24) is 0 Å². The first-order chi connectivity index (χ1) is 11.1. The highest BCUT2D eigenvalue weighted by Crippen LogP contribution is 2.18. The SMILES string of the molecule is NC1=NC=C(CCCCOCCCc2ccc(F)cc2F)CS1. The summed E-state index contributed by atoms with van der Waals surface area (Å²) in [5.41, 5.74) is 7.44. The fourth-order valence-electron chi connectivity index (χ4n) is 2.28. The maximum absolute atomic E-state index is 13.4. The Bertz CT molecular complexity index is 576. The van der Waals surface area contributed by atoms with Gasteiger partial charge in [-0.2, -0.15) is 0 Å². The van der Waals surface area contributed by atoms with Gasteiger partial charge in [-0.25, -0.2) is 13.8 Å². The van der Waals surface area contributed by atoms with Crippen molar-refractivity contribution >= 4 is 16.9 Å². The van der Waals surface area contributed by atoms with Crippen LogP contribution in [-0.2, 0) is 11.2 Å². The average Bonchev–Trinajstić information content (AvgIpc) is 2.53. The molecule has 1 aromatic carbocycles. The Balaban J connectivity index is 1.50. The summed E-state index contributed by atoms with van der Waals surface area (Å²) in [4.78, 5) is 4.10. The summed E-state index contributed by atoms with van der Waals surface area (Å²) in [6, 6.07) is 3.71. The Kier molecular flexibility index (Phi) is 7.55. The van der Waals surface area contributed by atoms with E-state index in [-0.39, 0.29) is 0 Å². The highest BCUT2D eigenvalue weighted by Gasteiger charge is 2.05. The zero-order valence-corrected chi connectivity index (χ0v) is 13.9. The van der Waals surface area contributed by atoms with Crippen LogP contribution in [0.4, 0.5) is 8.78 Å². The number of aryl methyl sites for hydroxylation is 1. The maximum atomic E-state index is 13.4. The molecule has 0 spiro atoms. The van der Waals surface area contributed by atoms with Crippen LogP contribution in [0.25, 0.3) is 0 Å². The van der Waals surface area contributed by atoms with Gasteiger partial charge in [0.2, 0.25) is 0 Å². The molecule has 3 nitrogen and oxygen atoms in total. The van der Waals surface area contributed by atoms with E-state index in [2.05, 4.69) is 4.99 Å². The van der Waals surface area contributed by atoms with Gasteiger partial charge in [0.15, 0.2) is 5.17 Å². The topological polar surface area (TPSA) is 47.6 Å². The zero-order chi connectivity index (χ0) is 16.5.